The van der Waals surface area contributed by atoms with Crippen molar-refractivity contribution in [2.45, 2.75) is 9.92 Å². The lowest BCUT2D eigenvalue weighted by Crippen LogP contribution is -2.13. The zero-order chi connectivity index (χ0) is 21.0. The fourth-order valence-corrected chi connectivity index (χ4v) is 4.14. The lowest BCUT2D eigenvalue weighted by atomic mass is 10.1. The Bertz CT molecular complexity index is 1310. The average molecular weight is 423 g/mol. The third-order valence-corrected chi connectivity index (χ3v) is 5.80. The van der Waals surface area contributed by atoms with Gasteiger partial charge in [0.2, 0.25) is 0 Å². The number of aromatic nitrogens is 3. The summed E-state index contributed by atoms with van der Waals surface area (Å²) >= 11 is 1.47. The number of imidazole rings is 1. The first-order valence-corrected chi connectivity index (χ1v) is 10.6. The van der Waals surface area contributed by atoms with Crippen LogP contribution in [-0.2, 0) is 0 Å². The number of amides is 1. The van der Waals surface area contributed by atoms with E-state index in [2.05, 4.69) is 15.3 Å². The van der Waals surface area contributed by atoms with Crippen molar-refractivity contribution in [1.82, 2.24) is 14.4 Å². The summed E-state index contributed by atoms with van der Waals surface area (Å²) in [7, 11) is 0. The summed E-state index contributed by atoms with van der Waals surface area (Å²) in [6.07, 6.45) is 5.66. The Morgan fingerprint density at radius 2 is 1.68 bits per heavy atom. The third-order valence-electron chi connectivity index (χ3n) is 4.78. The Morgan fingerprint density at radius 1 is 0.871 bits per heavy atom. The molecular formula is C25H18N4OS. The number of benzene rings is 2. The molecule has 5 aromatic rings. The Balaban J connectivity index is 1.34. The average Bonchev–Trinajstić information content (AvgIpc) is 3.25. The lowest BCUT2D eigenvalue weighted by molar-refractivity contribution is 0.102. The highest BCUT2D eigenvalue weighted by Gasteiger charge is 2.14. The molecule has 5 rings (SSSR count). The molecule has 5 nitrogen and oxygen atoms in total. The molecule has 0 atom stereocenters. The highest BCUT2D eigenvalue weighted by atomic mass is 32.2. The normalized spacial score (nSPS) is 10.8. The minimum absolute atomic E-state index is 0.188. The van der Waals surface area contributed by atoms with E-state index in [0.29, 0.717) is 10.6 Å². The molecule has 150 valence electrons. The van der Waals surface area contributed by atoms with Crippen molar-refractivity contribution in [3.63, 3.8) is 0 Å². The van der Waals surface area contributed by atoms with Crippen LogP contribution < -0.4 is 5.32 Å². The molecule has 0 aliphatic carbocycles. The standard InChI is InChI=1S/C25H18N4OS/c30-24(21-9-6-15-26-25(21)31-20-7-2-1-3-8-20)27-19-13-11-18(12-14-19)22-17-29-16-5-4-10-23(29)28-22/h1-17H,(H,27,30). The van der Waals surface area contributed by atoms with Crippen LogP contribution in [0.3, 0.4) is 0 Å². The SMILES string of the molecule is O=C(Nc1ccc(-c2cn3ccccc3n2)cc1)c1cccnc1Sc1ccccc1. The van der Waals surface area contributed by atoms with Crippen LogP contribution in [0.25, 0.3) is 16.9 Å². The van der Waals surface area contributed by atoms with Gasteiger partial charge in [-0.3, -0.25) is 4.79 Å². The van der Waals surface area contributed by atoms with E-state index in [4.69, 9.17) is 0 Å². The summed E-state index contributed by atoms with van der Waals surface area (Å²) in [5.41, 5.74) is 4.04. The molecule has 6 heteroatoms. The smallest absolute Gasteiger partial charge is 0.258 e. The van der Waals surface area contributed by atoms with Crippen molar-refractivity contribution in [3.05, 3.63) is 109 Å². The minimum Gasteiger partial charge on any atom is -0.322 e. The Labute approximate surface area is 183 Å². The van der Waals surface area contributed by atoms with Crippen molar-refractivity contribution in [2.75, 3.05) is 5.32 Å². The van der Waals surface area contributed by atoms with Gasteiger partial charge in [0.05, 0.1) is 11.3 Å². The van der Waals surface area contributed by atoms with Crippen molar-refractivity contribution < 1.29 is 4.79 Å². The van der Waals surface area contributed by atoms with Crippen molar-refractivity contribution >= 4 is 29.0 Å². The number of nitrogens with one attached hydrogen (secondary N) is 1. The first kappa shape index (κ1) is 19.1. The minimum atomic E-state index is -0.188. The summed E-state index contributed by atoms with van der Waals surface area (Å²) in [5.74, 6) is -0.188. The van der Waals surface area contributed by atoms with Crippen LogP contribution in [0.15, 0.2) is 113 Å². The van der Waals surface area contributed by atoms with Crippen molar-refractivity contribution in [2.24, 2.45) is 0 Å². The third kappa shape index (κ3) is 4.20. The molecule has 1 amide bonds. The van der Waals surface area contributed by atoms with Gasteiger partial charge in [0.1, 0.15) is 10.7 Å². The van der Waals surface area contributed by atoms with Gasteiger partial charge in [-0.15, -0.1) is 0 Å². The molecule has 0 saturated heterocycles. The molecule has 0 unspecified atom stereocenters. The van der Waals surface area contributed by atoms with E-state index in [9.17, 15) is 4.79 Å². The number of hydrogen-bond acceptors (Lipinski definition) is 4. The maximum absolute atomic E-state index is 12.9. The highest BCUT2D eigenvalue weighted by molar-refractivity contribution is 7.99. The molecule has 0 saturated carbocycles. The van der Waals surface area contributed by atoms with E-state index in [1.165, 1.54) is 11.8 Å². The second kappa shape index (κ2) is 8.45. The molecule has 3 heterocycles. The number of nitrogens with zero attached hydrogens (tertiary/aromatic N) is 3. The van der Waals surface area contributed by atoms with Gasteiger partial charge in [-0.1, -0.05) is 48.2 Å². The monoisotopic (exact) mass is 422 g/mol. The molecular weight excluding hydrogens is 404 g/mol. The summed E-state index contributed by atoms with van der Waals surface area (Å²) in [4.78, 5) is 23.0. The molecule has 1 N–H and O–H groups in total. The van der Waals surface area contributed by atoms with Crippen LogP contribution in [-0.4, -0.2) is 20.3 Å². The lowest BCUT2D eigenvalue weighted by Gasteiger charge is -2.09. The molecule has 0 fully saturated rings. The van der Waals surface area contributed by atoms with E-state index < -0.39 is 0 Å². The van der Waals surface area contributed by atoms with Crippen LogP contribution in [0.4, 0.5) is 5.69 Å². The van der Waals surface area contributed by atoms with Gasteiger partial charge in [-0.2, -0.15) is 0 Å². The van der Waals surface area contributed by atoms with Gasteiger partial charge in [0, 0.05) is 34.7 Å². The van der Waals surface area contributed by atoms with Crippen LogP contribution in [0.1, 0.15) is 10.4 Å². The predicted molar refractivity (Wildman–Crippen MR) is 123 cm³/mol. The van der Waals surface area contributed by atoms with Gasteiger partial charge < -0.3 is 9.72 Å². The Morgan fingerprint density at radius 3 is 2.48 bits per heavy atom. The number of pyridine rings is 2. The zero-order valence-electron chi connectivity index (χ0n) is 16.5. The Hall–Kier alpha value is -3.90. The topological polar surface area (TPSA) is 59.3 Å². The zero-order valence-corrected chi connectivity index (χ0v) is 17.3. The quantitative estimate of drug-likeness (QED) is 0.389. The molecule has 31 heavy (non-hydrogen) atoms. The van der Waals surface area contributed by atoms with E-state index in [-0.39, 0.29) is 5.91 Å². The first-order chi connectivity index (χ1) is 15.3. The molecule has 3 aromatic heterocycles. The summed E-state index contributed by atoms with van der Waals surface area (Å²) < 4.78 is 1.99. The second-order valence-corrected chi connectivity index (χ2v) is 7.96. The molecule has 0 aliphatic rings. The molecule has 2 aromatic carbocycles. The van der Waals surface area contributed by atoms with Gasteiger partial charge >= 0.3 is 0 Å². The Kier molecular flexibility index (Phi) is 5.21. The number of carbonyl (C=O) groups is 1. The predicted octanol–water partition coefficient (Wildman–Crippen LogP) is 5.80. The largest absolute Gasteiger partial charge is 0.322 e. The molecule has 0 bridgehead atoms. The summed E-state index contributed by atoms with van der Waals surface area (Å²) in [6, 6.07) is 27.1. The fourth-order valence-electron chi connectivity index (χ4n) is 3.24. The van der Waals surface area contributed by atoms with E-state index >= 15 is 0 Å². The van der Waals surface area contributed by atoms with Gasteiger partial charge in [0.15, 0.2) is 0 Å². The molecule has 0 aliphatic heterocycles. The van der Waals surface area contributed by atoms with E-state index in [1.807, 2.05) is 89.6 Å². The number of fused-ring (bicyclic) bond motifs is 1. The van der Waals surface area contributed by atoms with Gasteiger partial charge in [-0.05, 0) is 48.5 Å². The van der Waals surface area contributed by atoms with Crippen LogP contribution in [0, 0.1) is 0 Å². The van der Waals surface area contributed by atoms with Crippen molar-refractivity contribution in [1.29, 1.82) is 0 Å². The highest BCUT2D eigenvalue weighted by Crippen LogP contribution is 2.29. The maximum Gasteiger partial charge on any atom is 0.258 e. The molecule has 0 spiro atoms. The van der Waals surface area contributed by atoms with E-state index in [1.54, 1.807) is 18.3 Å². The van der Waals surface area contributed by atoms with E-state index in [0.717, 1.165) is 27.5 Å². The number of rotatable bonds is 5. The summed E-state index contributed by atoms with van der Waals surface area (Å²) in [5, 5.41) is 3.65. The van der Waals surface area contributed by atoms with Gasteiger partial charge in [0.25, 0.3) is 5.91 Å². The number of carbonyl (C=O) groups excluding carboxylic acids is 1. The van der Waals surface area contributed by atoms with Crippen LogP contribution >= 0.6 is 11.8 Å². The second-order valence-electron chi connectivity index (χ2n) is 6.89. The van der Waals surface area contributed by atoms with Crippen LogP contribution in [0.2, 0.25) is 0 Å². The number of hydrogen-bond donors (Lipinski definition) is 1. The van der Waals surface area contributed by atoms with Gasteiger partial charge in [-0.25, -0.2) is 9.97 Å². The first-order valence-electron chi connectivity index (χ1n) is 9.80. The summed E-state index contributed by atoms with van der Waals surface area (Å²) in [6.45, 7) is 0. The number of anilines is 1. The maximum atomic E-state index is 12.9. The van der Waals surface area contributed by atoms with Crippen molar-refractivity contribution in [3.8, 4) is 11.3 Å². The fraction of sp³-hybridized carbons (Fsp3) is 0. The molecule has 0 radical (unpaired) electrons. The van der Waals surface area contributed by atoms with Crippen LogP contribution in [0.5, 0.6) is 0 Å².